The molecule has 1 amide bonds. The molecule has 0 spiro atoms. The zero-order valence-electron chi connectivity index (χ0n) is 10.7. The lowest BCUT2D eigenvalue weighted by atomic mass is 10.0. The van der Waals surface area contributed by atoms with E-state index >= 15 is 0 Å². The summed E-state index contributed by atoms with van der Waals surface area (Å²) < 4.78 is 25.0. The molecule has 1 unspecified atom stereocenters. The Morgan fingerprint density at radius 2 is 2.17 bits per heavy atom. The van der Waals surface area contributed by atoms with Crippen molar-refractivity contribution in [3.63, 3.8) is 0 Å². The highest BCUT2D eigenvalue weighted by molar-refractivity contribution is 7.88. The Morgan fingerprint density at radius 1 is 1.50 bits per heavy atom. The molecule has 1 atom stereocenters. The molecule has 1 saturated heterocycles. The number of carbonyl (C=O) groups excluding carboxylic acids is 1. The lowest BCUT2D eigenvalue weighted by Crippen LogP contribution is -2.52. The van der Waals surface area contributed by atoms with Crippen LogP contribution in [0.15, 0.2) is 0 Å². The minimum Gasteiger partial charge on any atom is -0.341 e. The van der Waals surface area contributed by atoms with Gasteiger partial charge in [0.05, 0.1) is 11.7 Å². The number of rotatable bonds is 4. The monoisotopic (exact) mass is 275 g/mol. The van der Waals surface area contributed by atoms with Gasteiger partial charge in [0.1, 0.15) is 0 Å². The van der Waals surface area contributed by atoms with E-state index in [2.05, 4.69) is 4.72 Å². The van der Waals surface area contributed by atoms with Gasteiger partial charge in [-0.05, 0) is 25.7 Å². The summed E-state index contributed by atoms with van der Waals surface area (Å²) in [6, 6.07) is -0.161. The van der Waals surface area contributed by atoms with E-state index in [1.54, 1.807) is 4.90 Å². The third kappa shape index (κ3) is 3.02. The molecule has 104 valence electrons. The van der Waals surface area contributed by atoms with E-state index in [4.69, 9.17) is 5.73 Å². The van der Waals surface area contributed by atoms with Crippen molar-refractivity contribution in [3.05, 3.63) is 0 Å². The van der Waals surface area contributed by atoms with Crippen LogP contribution in [0.5, 0.6) is 0 Å². The first-order valence-corrected chi connectivity index (χ1v) is 8.22. The minimum atomic E-state index is -3.21. The number of sulfonamides is 1. The molecular weight excluding hydrogens is 254 g/mol. The molecule has 0 aromatic carbocycles. The predicted molar refractivity (Wildman–Crippen MR) is 68.3 cm³/mol. The molecule has 18 heavy (non-hydrogen) atoms. The zero-order chi connectivity index (χ0) is 13.4. The quantitative estimate of drug-likeness (QED) is 0.707. The first-order valence-electron chi connectivity index (χ1n) is 6.33. The van der Waals surface area contributed by atoms with Gasteiger partial charge in [-0.2, -0.15) is 0 Å². The summed E-state index contributed by atoms with van der Waals surface area (Å²) >= 11 is 0. The number of piperidine rings is 1. The topological polar surface area (TPSA) is 92.5 Å². The molecule has 3 N–H and O–H groups in total. The molecule has 0 aromatic heterocycles. The molecule has 2 fully saturated rings. The van der Waals surface area contributed by atoms with Crippen molar-refractivity contribution in [3.8, 4) is 0 Å². The average molecular weight is 275 g/mol. The van der Waals surface area contributed by atoms with Gasteiger partial charge in [0.15, 0.2) is 0 Å². The van der Waals surface area contributed by atoms with E-state index in [0.29, 0.717) is 19.6 Å². The highest BCUT2D eigenvalue weighted by Gasteiger charge is 2.50. The minimum absolute atomic E-state index is 0.102. The molecule has 1 heterocycles. The molecule has 0 aromatic rings. The normalized spacial score (nSPS) is 27.0. The van der Waals surface area contributed by atoms with Crippen molar-refractivity contribution in [1.82, 2.24) is 9.62 Å². The SMILES string of the molecule is CS(=O)(=O)NC1CCCN(C(=O)C2(CN)CC2)C1. The van der Waals surface area contributed by atoms with E-state index < -0.39 is 10.0 Å². The summed E-state index contributed by atoms with van der Waals surface area (Å²) in [5, 5.41) is 0. The van der Waals surface area contributed by atoms with Gasteiger partial charge in [0.2, 0.25) is 15.9 Å². The number of hydrogen-bond acceptors (Lipinski definition) is 4. The molecule has 0 bridgehead atoms. The molecule has 7 heteroatoms. The second-order valence-corrected chi connectivity index (χ2v) is 7.24. The Bertz CT molecular complexity index is 431. The van der Waals surface area contributed by atoms with Gasteiger partial charge in [-0.25, -0.2) is 13.1 Å². The molecular formula is C11H21N3O3S. The Kier molecular flexibility index (Phi) is 3.66. The summed E-state index contributed by atoms with van der Waals surface area (Å²) in [7, 11) is -3.21. The molecule has 1 aliphatic heterocycles. The number of likely N-dealkylation sites (tertiary alicyclic amines) is 1. The van der Waals surface area contributed by atoms with Crippen LogP contribution in [0.2, 0.25) is 0 Å². The van der Waals surface area contributed by atoms with Crippen LogP contribution < -0.4 is 10.5 Å². The maximum Gasteiger partial charge on any atom is 0.230 e. The fourth-order valence-electron chi connectivity index (χ4n) is 2.55. The Morgan fingerprint density at radius 3 is 2.67 bits per heavy atom. The Hall–Kier alpha value is -0.660. The molecule has 2 aliphatic rings. The van der Waals surface area contributed by atoms with Crippen LogP contribution in [0.4, 0.5) is 0 Å². The molecule has 6 nitrogen and oxygen atoms in total. The summed E-state index contributed by atoms with van der Waals surface area (Å²) in [4.78, 5) is 14.1. The van der Waals surface area contributed by atoms with Gasteiger partial charge in [0, 0.05) is 25.7 Å². The van der Waals surface area contributed by atoms with Gasteiger partial charge in [-0.15, -0.1) is 0 Å². The first-order chi connectivity index (χ1) is 8.36. The van der Waals surface area contributed by atoms with Crippen molar-refractivity contribution in [2.24, 2.45) is 11.1 Å². The van der Waals surface area contributed by atoms with E-state index in [1.165, 1.54) is 0 Å². The highest BCUT2D eigenvalue weighted by atomic mass is 32.2. The fraction of sp³-hybridized carbons (Fsp3) is 0.909. The summed E-state index contributed by atoms with van der Waals surface area (Å²) in [5.74, 6) is 0.102. The first kappa shape index (κ1) is 13.8. The van der Waals surface area contributed by atoms with E-state index in [-0.39, 0.29) is 17.4 Å². The summed E-state index contributed by atoms with van der Waals surface area (Å²) in [5.41, 5.74) is 5.31. The Balaban J connectivity index is 1.97. The highest BCUT2D eigenvalue weighted by Crippen LogP contribution is 2.46. The molecule has 2 rings (SSSR count). The standard InChI is InChI=1S/C11H21N3O3S/c1-18(16,17)13-9-3-2-6-14(7-9)10(15)11(8-12)4-5-11/h9,13H,2-8,12H2,1H3. The number of nitrogens with zero attached hydrogens (tertiary/aromatic N) is 1. The van der Waals surface area contributed by atoms with Crippen LogP contribution >= 0.6 is 0 Å². The van der Waals surface area contributed by atoms with Gasteiger partial charge in [0.25, 0.3) is 0 Å². The van der Waals surface area contributed by atoms with Gasteiger partial charge < -0.3 is 10.6 Å². The fourth-order valence-corrected chi connectivity index (χ4v) is 3.35. The average Bonchev–Trinajstić information content (AvgIpc) is 3.07. The van der Waals surface area contributed by atoms with Crippen LogP contribution in [-0.2, 0) is 14.8 Å². The summed E-state index contributed by atoms with van der Waals surface area (Å²) in [6.07, 6.45) is 4.49. The van der Waals surface area contributed by atoms with Gasteiger partial charge >= 0.3 is 0 Å². The van der Waals surface area contributed by atoms with Crippen LogP contribution in [0, 0.1) is 5.41 Å². The third-order valence-corrected chi connectivity index (χ3v) is 4.55. The van der Waals surface area contributed by atoms with Crippen molar-refractivity contribution < 1.29 is 13.2 Å². The molecule has 0 radical (unpaired) electrons. The number of hydrogen-bond donors (Lipinski definition) is 2. The number of carbonyl (C=O) groups is 1. The second-order valence-electron chi connectivity index (χ2n) is 5.46. The number of amides is 1. The molecule has 1 aliphatic carbocycles. The van der Waals surface area contributed by atoms with Crippen LogP contribution in [0.1, 0.15) is 25.7 Å². The number of nitrogens with one attached hydrogen (secondary N) is 1. The third-order valence-electron chi connectivity index (χ3n) is 3.79. The Labute approximate surface area is 108 Å². The largest absolute Gasteiger partial charge is 0.341 e. The van der Waals surface area contributed by atoms with E-state index in [9.17, 15) is 13.2 Å². The van der Waals surface area contributed by atoms with E-state index in [0.717, 1.165) is 31.9 Å². The summed E-state index contributed by atoms with van der Waals surface area (Å²) in [6.45, 7) is 1.57. The van der Waals surface area contributed by atoms with Gasteiger partial charge in [-0.3, -0.25) is 4.79 Å². The van der Waals surface area contributed by atoms with Crippen LogP contribution in [0.3, 0.4) is 0 Å². The predicted octanol–water partition coefficient (Wildman–Crippen LogP) is -0.734. The van der Waals surface area contributed by atoms with Crippen molar-refractivity contribution in [2.45, 2.75) is 31.7 Å². The van der Waals surface area contributed by atoms with Crippen molar-refractivity contribution in [2.75, 3.05) is 25.9 Å². The van der Waals surface area contributed by atoms with Crippen LogP contribution in [-0.4, -0.2) is 51.2 Å². The molecule has 1 saturated carbocycles. The zero-order valence-corrected chi connectivity index (χ0v) is 11.5. The lowest BCUT2D eigenvalue weighted by molar-refractivity contribution is -0.137. The maximum atomic E-state index is 12.3. The van der Waals surface area contributed by atoms with Crippen molar-refractivity contribution in [1.29, 1.82) is 0 Å². The van der Waals surface area contributed by atoms with Gasteiger partial charge in [-0.1, -0.05) is 0 Å². The van der Waals surface area contributed by atoms with E-state index in [1.807, 2.05) is 0 Å². The smallest absolute Gasteiger partial charge is 0.230 e. The van der Waals surface area contributed by atoms with Crippen LogP contribution in [0.25, 0.3) is 0 Å². The maximum absolute atomic E-state index is 12.3. The second kappa shape index (κ2) is 4.79. The number of nitrogens with two attached hydrogens (primary N) is 1. The lowest BCUT2D eigenvalue weighted by Gasteiger charge is -2.34. The van der Waals surface area contributed by atoms with Crippen molar-refractivity contribution >= 4 is 15.9 Å².